The van der Waals surface area contributed by atoms with E-state index in [1.807, 2.05) is 23.9 Å². The molecule has 0 aliphatic rings. The van der Waals surface area contributed by atoms with Gasteiger partial charge in [-0.15, -0.1) is 11.8 Å². The summed E-state index contributed by atoms with van der Waals surface area (Å²) in [6.45, 7) is 2.24. The maximum atomic E-state index is 5.21. The summed E-state index contributed by atoms with van der Waals surface area (Å²) in [5, 5.41) is 1.10. The van der Waals surface area contributed by atoms with Gasteiger partial charge in [-0.3, -0.25) is 0 Å². The van der Waals surface area contributed by atoms with Crippen LogP contribution in [0.1, 0.15) is 19.8 Å². The quantitative estimate of drug-likeness (QED) is 0.538. The Hall–Kier alpha value is -0.150. The second-order valence-corrected chi connectivity index (χ2v) is 5.54. The van der Waals surface area contributed by atoms with Gasteiger partial charge in [0.1, 0.15) is 5.75 Å². The average molecular weight is 303 g/mol. The molecule has 1 rings (SSSR count). The third-order valence-electron chi connectivity index (χ3n) is 2.44. The van der Waals surface area contributed by atoms with Crippen molar-refractivity contribution in [2.75, 3.05) is 18.2 Å². The molecule has 1 aromatic carbocycles. The van der Waals surface area contributed by atoms with Gasteiger partial charge in [0.2, 0.25) is 0 Å². The van der Waals surface area contributed by atoms with Crippen molar-refractivity contribution in [3.63, 3.8) is 0 Å². The van der Waals surface area contributed by atoms with Gasteiger partial charge in [-0.2, -0.15) is 0 Å². The third-order valence-corrected chi connectivity index (χ3v) is 4.58. The van der Waals surface area contributed by atoms with Gasteiger partial charge >= 0.3 is 0 Å². The molecule has 0 amide bonds. The molecule has 0 fully saturated rings. The summed E-state index contributed by atoms with van der Waals surface area (Å²) >= 11 is 5.49. The van der Waals surface area contributed by atoms with Crippen molar-refractivity contribution < 1.29 is 4.74 Å². The number of hydrogen-bond donors (Lipinski definition) is 0. The molecule has 0 saturated carbocycles. The predicted molar refractivity (Wildman–Crippen MR) is 75.9 cm³/mol. The van der Waals surface area contributed by atoms with Crippen molar-refractivity contribution in [1.82, 2.24) is 0 Å². The van der Waals surface area contributed by atoms with E-state index in [-0.39, 0.29) is 0 Å². The Morgan fingerprint density at radius 2 is 2.25 bits per heavy atom. The molecule has 1 atom stereocenters. The predicted octanol–water partition coefficient (Wildman–Crippen LogP) is 4.60. The van der Waals surface area contributed by atoms with E-state index in [0.29, 0.717) is 0 Å². The van der Waals surface area contributed by atoms with E-state index in [0.717, 1.165) is 17.0 Å². The van der Waals surface area contributed by atoms with Crippen LogP contribution in [-0.2, 0) is 0 Å². The van der Waals surface area contributed by atoms with Crippen molar-refractivity contribution in [2.45, 2.75) is 24.7 Å². The molecule has 1 aromatic rings. The molecule has 0 aliphatic carbocycles. The van der Waals surface area contributed by atoms with Crippen LogP contribution in [0.15, 0.2) is 29.2 Å². The lowest BCUT2D eigenvalue weighted by Gasteiger charge is -2.12. The summed E-state index contributed by atoms with van der Waals surface area (Å²) in [4.78, 5) is 1.29. The zero-order chi connectivity index (χ0) is 11.8. The number of methoxy groups -OCH3 is 1. The highest BCUT2D eigenvalue weighted by Crippen LogP contribution is 2.26. The van der Waals surface area contributed by atoms with Gasteiger partial charge in [-0.25, -0.2) is 0 Å². The first-order valence-electron chi connectivity index (χ1n) is 5.63. The molecule has 1 unspecified atom stereocenters. The fourth-order valence-corrected chi connectivity index (χ4v) is 3.46. The summed E-state index contributed by atoms with van der Waals surface area (Å²) in [6, 6.07) is 8.27. The molecule has 0 radical (unpaired) electrons. The lowest BCUT2D eigenvalue weighted by atomic mass is 10.1. The molecule has 1 nitrogen and oxygen atoms in total. The number of rotatable bonds is 7. The monoisotopic (exact) mass is 302 g/mol. The van der Waals surface area contributed by atoms with Crippen molar-refractivity contribution in [3.05, 3.63) is 24.3 Å². The fourth-order valence-electron chi connectivity index (χ4n) is 1.52. The molecule has 0 N–H and O–H groups in total. The van der Waals surface area contributed by atoms with Crippen molar-refractivity contribution in [2.24, 2.45) is 5.92 Å². The maximum absolute atomic E-state index is 5.21. The van der Waals surface area contributed by atoms with E-state index < -0.39 is 0 Å². The first-order valence-corrected chi connectivity index (χ1v) is 7.73. The molecule has 0 aromatic heterocycles. The summed E-state index contributed by atoms with van der Waals surface area (Å²) in [6.07, 6.45) is 2.55. The Morgan fingerprint density at radius 3 is 2.88 bits per heavy atom. The normalized spacial score (nSPS) is 12.4. The number of alkyl halides is 1. The molecule has 3 heteroatoms. The zero-order valence-corrected chi connectivity index (χ0v) is 12.3. The second kappa shape index (κ2) is 8.02. The van der Waals surface area contributed by atoms with Crippen LogP contribution in [0.4, 0.5) is 0 Å². The van der Waals surface area contributed by atoms with Crippen LogP contribution in [0.2, 0.25) is 0 Å². The van der Waals surface area contributed by atoms with E-state index in [4.69, 9.17) is 4.74 Å². The third kappa shape index (κ3) is 4.79. The first-order chi connectivity index (χ1) is 7.80. The van der Waals surface area contributed by atoms with Crippen LogP contribution < -0.4 is 4.74 Å². The zero-order valence-electron chi connectivity index (χ0n) is 9.91. The molecular weight excluding hydrogens is 284 g/mol. The topological polar surface area (TPSA) is 9.23 Å². The molecule has 0 aliphatic heterocycles. The smallest absolute Gasteiger partial charge is 0.119 e. The molecule has 0 saturated heterocycles. The van der Waals surface area contributed by atoms with E-state index in [9.17, 15) is 0 Å². The lowest BCUT2D eigenvalue weighted by molar-refractivity contribution is 0.413. The minimum atomic E-state index is 0.765. The first kappa shape index (κ1) is 13.9. The van der Waals surface area contributed by atoms with Crippen LogP contribution in [0.5, 0.6) is 5.75 Å². The largest absolute Gasteiger partial charge is 0.497 e. The molecule has 0 heterocycles. The van der Waals surface area contributed by atoms with Crippen LogP contribution in [0.25, 0.3) is 0 Å². The Bertz CT molecular complexity index is 304. The van der Waals surface area contributed by atoms with Gasteiger partial charge in [0, 0.05) is 16.0 Å². The van der Waals surface area contributed by atoms with Crippen LogP contribution in [-0.4, -0.2) is 18.2 Å². The minimum Gasteiger partial charge on any atom is -0.497 e. The summed E-state index contributed by atoms with van der Waals surface area (Å²) in [5.41, 5.74) is 0. The molecule has 16 heavy (non-hydrogen) atoms. The maximum Gasteiger partial charge on any atom is 0.119 e. The Labute approximate surface area is 111 Å². The number of hydrogen-bond acceptors (Lipinski definition) is 2. The van der Waals surface area contributed by atoms with Gasteiger partial charge in [0.05, 0.1) is 7.11 Å². The second-order valence-electron chi connectivity index (χ2n) is 3.80. The van der Waals surface area contributed by atoms with E-state index in [1.165, 1.54) is 23.5 Å². The lowest BCUT2D eigenvalue weighted by Crippen LogP contribution is -2.04. The van der Waals surface area contributed by atoms with Crippen LogP contribution in [0.3, 0.4) is 0 Å². The number of thioether (sulfide) groups is 1. The van der Waals surface area contributed by atoms with Crippen LogP contribution in [0, 0.1) is 5.92 Å². The number of ether oxygens (including phenoxy) is 1. The minimum absolute atomic E-state index is 0.765. The van der Waals surface area contributed by atoms with Gasteiger partial charge in [0.25, 0.3) is 0 Å². The van der Waals surface area contributed by atoms with Crippen molar-refractivity contribution in [1.29, 1.82) is 0 Å². The Balaban J connectivity index is 2.46. The number of halogens is 1. The molecule has 0 bridgehead atoms. The van der Waals surface area contributed by atoms with Crippen molar-refractivity contribution >= 4 is 27.7 Å². The van der Waals surface area contributed by atoms with E-state index in [1.54, 1.807) is 7.11 Å². The standard InChI is InChI=1S/C13H19BrOS/c1-3-5-11(9-14)10-16-13-7-4-6-12(8-13)15-2/h4,6-8,11H,3,5,9-10H2,1-2H3. The van der Waals surface area contributed by atoms with Crippen molar-refractivity contribution in [3.8, 4) is 5.75 Å². The molecular formula is C13H19BrOS. The highest BCUT2D eigenvalue weighted by Gasteiger charge is 2.06. The van der Waals surface area contributed by atoms with Crippen LogP contribution >= 0.6 is 27.7 Å². The Kier molecular flexibility index (Phi) is 6.97. The Morgan fingerprint density at radius 1 is 1.44 bits per heavy atom. The highest BCUT2D eigenvalue weighted by molar-refractivity contribution is 9.09. The van der Waals surface area contributed by atoms with Gasteiger partial charge in [-0.05, 0) is 30.5 Å². The SMILES string of the molecule is CCCC(CBr)CSc1cccc(OC)c1. The van der Waals surface area contributed by atoms with Gasteiger partial charge in [-0.1, -0.05) is 35.3 Å². The summed E-state index contributed by atoms with van der Waals surface area (Å²) in [7, 11) is 1.71. The summed E-state index contributed by atoms with van der Waals surface area (Å²) < 4.78 is 5.21. The molecule has 0 spiro atoms. The van der Waals surface area contributed by atoms with E-state index in [2.05, 4.69) is 35.0 Å². The van der Waals surface area contributed by atoms with E-state index >= 15 is 0 Å². The summed E-state index contributed by atoms with van der Waals surface area (Å²) in [5.74, 6) is 2.88. The van der Waals surface area contributed by atoms with Gasteiger partial charge in [0.15, 0.2) is 0 Å². The highest BCUT2D eigenvalue weighted by atomic mass is 79.9. The molecule has 90 valence electrons. The number of benzene rings is 1. The average Bonchev–Trinajstić information content (AvgIpc) is 2.34. The van der Waals surface area contributed by atoms with Gasteiger partial charge < -0.3 is 4.74 Å². The fraction of sp³-hybridized carbons (Fsp3) is 0.538.